The number of rotatable bonds is 5. The van der Waals surface area contributed by atoms with Crippen LogP contribution >= 0.6 is 0 Å². The monoisotopic (exact) mass is 324 g/mol. The molecular formula is C23H20N2. The van der Waals surface area contributed by atoms with Gasteiger partial charge in [0, 0.05) is 5.92 Å². The minimum absolute atomic E-state index is 0.0437. The van der Waals surface area contributed by atoms with Crippen LogP contribution in [0.2, 0.25) is 0 Å². The Balaban J connectivity index is 1.61. The molecule has 0 fully saturated rings. The topological polar surface area (TPSA) is 24.7 Å². The summed E-state index contributed by atoms with van der Waals surface area (Å²) in [5.74, 6) is 0.385. The Morgan fingerprint density at radius 2 is 1.44 bits per heavy atom. The molecule has 3 aromatic carbocycles. The summed E-state index contributed by atoms with van der Waals surface area (Å²) < 4.78 is 0. The van der Waals surface area contributed by atoms with E-state index in [1.807, 2.05) is 36.4 Å². The van der Waals surface area contributed by atoms with Crippen LogP contribution in [0.25, 0.3) is 6.08 Å². The maximum atomic E-state index is 4.69. The molecule has 0 spiro atoms. The van der Waals surface area contributed by atoms with E-state index in [0.29, 0.717) is 5.92 Å². The molecule has 0 heterocycles. The molecule has 0 aliphatic heterocycles. The first kappa shape index (κ1) is 15.5. The molecule has 0 amide bonds. The molecule has 0 saturated carbocycles. The van der Waals surface area contributed by atoms with Gasteiger partial charge >= 0.3 is 0 Å². The largest absolute Gasteiger partial charge is 0.180 e. The average molecular weight is 324 g/mol. The van der Waals surface area contributed by atoms with Crippen molar-refractivity contribution in [2.24, 2.45) is 10.2 Å². The van der Waals surface area contributed by atoms with Gasteiger partial charge in [-0.1, -0.05) is 84.9 Å². The highest BCUT2D eigenvalue weighted by atomic mass is 15.1. The van der Waals surface area contributed by atoms with Gasteiger partial charge in [0.15, 0.2) is 0 Å². The zero-order valence-electron chi connectivity index (χ0n) is 14.0. The molecule has 1 aliphatic rings. The van der Waals surface area contributed by atoms with E-state index in [0.717, 1.165) is 12.1 Å². The molecule has 0 radical (unpaired) electrons. The van der Waals surface area contributed by atoms with E-state index in [-0.39, 0.29) is 6.04 Å². The Morgan fingerprint density at radius 3 is 2.24 bits per heavy atom. The molecular weight excluding hydrogens is 304 g/mol. The van der Waals surface area contributed by atoms with Gasteiger partial charge in [-0.15, -0.1) is 0 Å². The van der Waals surface area contributed by atoms with Crippen LogP contribution < -0.4 is 0 Å². The Hall–Kier alpha value is -3.00. The molecule has 2 unspecified atom stereocenters. The fourth-order valence-electron chi connectivity index (χ4n) is 3.33. The zero-order valence-corrected chi connectivity index (χ0v) is 14.0. The maximum absolute atomic E-state index is 4.69. The van der Waals surface area contributed by atoms with Crippen molar-refractivity contribution in [3.05, 3.63) is 108 Å². The second kappa shape index (κ2) is 7.27. The van der Waals surface area contributed by atoms with Crippen LogP contribution in [-0.2, 0) is 0 Å². The molecule has 2 nitrogen and oxygen atoms in total. The van der Waals surface area contributed by atoms with Gasteiger partial charge in [0.05, 0.1) is 11.7 Å². The lowest BCUT2D eigenvalue weighted by molar-refractivity contribution is 0.590. The normalized spacial score (nSPS) is 16.9. The van der Waals surface area contributed by atoms with Crippen LogP contribution in [0.4, 0.5) is 5.69 Å². The predicted octanol–water partition coefficient (Wildman–Crippen LogP) is 6.71. The molecule has 0 saturated heterocycles. The SMILES string of the molecule is C1=CC(CC(N=Nc2ccccc2)c2ccccc2)c2ccccc21. The van der Waals surface area contributed by atoms with E-state index >= 15 is 0 Å². The maximum Gasteiger partial charge on any atom is 0.0971 e. The summed E-state index contributed by atoms with van der Waals surface area (Å²) in [6.07, 6.45) is 5.43. The third kappa shape index (κ3) is 3.58. The quantitative estimate of drug-likeness (QED) is 0.466. The molecule has 0 bridgehead atoms. The average Bonchev–Trinajstić information content (AvgIpc) is 3.09. The van der Waals surface area contributed by atoms with Crippen LogP contribution in [-0.4, -0.2) is 0 Å². The highest BCUT2D eigenvalue weighted by Gasteiger charge is 2.22. The second-order valence-electron chi connectivity index (χ2n) is 6.31. The molecule has 3 aromatic rings. The van der Waals surface area contributed by atoms with Crippen molar-refractivity contribution in [1.29, 1.82) is 0 Å². The number of benzene rings is 3. The number of fused-ring (bicyclic) bond motifs is 1. The van der Waals surface area contributed by atoms with Gasteiger partial charge in [0.2, 0.25) is 0 Å². The van der Waals surface area contributed by atoms with E-state index in [4.69, 9.17) is 5.11 Å². The number of hydrogen-bond acceptors (Lipinski definition) is 2. The first-order valence-corrected chi connectivity index (χ1v) is 8.68. The van der Waals surface area contributed by atoms with Gasteiger partial charge < -0.3 is 0 Å². The molecule has 2 heteroatoms. The van der Waals surface area contributed by atoms with E-state index in [1.54, 1.807) is 0 Å². The lowest BCUT2D eigenvalue weighted by Gasteiger charge is -2.17. The van der Waals surface area contributed by atoms with Crippen LogP contribution in [0.15, 0.2) is 101 Å². The van der Waals surface area contributed by atoms with Crippen LogP contribution in [0.5, 0.6) is 0 Å². The van der Waals surface area contributed by atoms with Gasteiger partial charge in [-0.25, -0.2) is 0 Å². The van der Waals surface area contributed by atoms with Crippen molar-refractivity contribution in [2.45, 2.75) is 18.4 Å². The number of hydrogen-bond donors (Lipinski definition) is 0. The Morgan fingerprint density at radius 1 is 0.760 bits per heavy atom. The van der Waals surface area contributed by atoms with Crippen molar-refractivity contribution in [3.63, 3.8) is 0 Å². The van der Waals surface area contributed by atoms with Gasteiger partial charge in [0.25, 0.3) is 0 Å². The molecule has 122 valence electrons. The number of azo groups is 1. The fraction of sp³-hybridized carbons (Fsp3) is 0.130. The summed E-state index contributed by atoms with van der Waals surface area (Å²) >= 11 is 0. The van der Waals surface area contributed by atoms with Gasteiger partial charge in [0.1, 0.15) is 0 Å². The fourth-order valence-corrected chi connectivity index (χ4v) is 3.33. The molecule has 1 aliphatic carbocycles. The van der Waals surface area contributed by atoms with E-state index in [2.05, 4.69) is 65.8 Å². The van der Waals surface area contributed by atoms with E-state index in [9.17, 15) is 0 Å². The zero-order chi connectivity index (χ0) is 16.9. The predicted molar refractivity (Wildman–Crippen MR) is 103 cm³/mol. The lowest BCUT2D eigenvalue weighted by Crippen LogP contribution is -2.02. The summed E-state index contributed by atoms with van der Waals surface area (Å²) in [6.45, 7) is 0. The summed E-state index contributed by atoms with van der Waals surface area (Å²) in [5.41, 5.74) is 4.81. The van der Waals surface area contributed by atoms with E-state index in [1.165, 1.54) is 16.7 Å². The van der Waals surface area contributed by atoms with Gasteiger partial charge in [-0.2, -0.15) is 10.2 Å². The first-order valence-electron chi connectivity index (χ1n) is 8.68. The molecule has 2 atom stereocenters. The van der Waals surface area contributed by atoms with Crippen molar-refractivity contribution in [1.82, 2.24) is 0 Å². The smallest absolute Gasteiger partial charge is 0.0971 e. The lowest BCUT2D eigenvalue weighted by atomic mass is 9.91. The number of nitrogens with zero attached hydrogens (tertiary/aromatic N) is 2. The van der Waals surface area contributed by atoms with Crippen molar-refractivity contribution in [2.75, 3.05) is 0 Å². The third-order valence-corrected chi connectivity index (χ3v) is 4.63. The van der Waals surface area contributed by atoms with Crippen LogP contribution in [0.3, 0.4) is 0 Å². The summed E-state index contributed by atoms with van der Waals surface area (Å²) in [7, 11) is 0. The summed E-state index contributed by atoms with van der Waals surface area (Å²) in [5, 5.41) is 9.17. The van der Waals surface area contributed by atoms with Crippen molar-refractivity contribution >= 4 is 11.8 Å². The van der Waals surface area contributed by atoms with Gasteiger partial charge in [-0.3, -0.25) is 0 Å². The molecule has 0 aromatic heterocycles. The van der Waals surface area contributed by atoms with Crippen molar-refractivity contribution in [3.8, 4) is 0 Å². The van der Waals surface area contributed by atoms with E-state index < -0.39 is 0 Å². The molecule has 4 rings (SSSR count). The standard InChI is InChI=1S/C23H20N2/c1-3-10-19(11-4-1)23(25-24-21-12-5-2-6-13-21)17-20-16-15-18-9-7-8-14-22(18)20/h1-16,20,23H,17H2. The second-order valence-corrected chi connectivity index (χ2v) is 6.31. The molecule has 25 heavy (non-hydrogen) atoms. The Bertz CT molecular complexity index is 882. The number of allylic oxidation sites excluding steroid dienone is 1. The summed E-state index contributed by atoms with van der Waals surface area (Å²) in [4.78, 5) is 0. The minimum atomic E-state index is 0.0437. The van der Waals surface area contributed by atoms with Crippen LogP contribution in [0, 0.1) is 0 Å². The third-order valence-electron chi connectivity index (χ3n) is 4.63. The minimum Gasteiger partial charge on any atom is -0.180 e. The highest BCUT2D eigenvalue weighted by Crippen LogP contribution is 2.38. The first-order chi connectivity index (χ1) is 12.4. The van der Waals surface area contributed by atoms with Crippen LogP contribution in [0.1, 0.15) is 35.1 Å². The van der Waals surface area contributed by atoms with Crippen molar-refractivity contribution < 1.29 is 0 Å². The Kier molecular flexibility index (Phi) is 4.51. The summed E-state index contributed by atoms with van der Waals surface area (Å²) in [6, 6.07) is 29.0. The molecule has 0 N–H and O–H groups in total. The Labute approximate surface area is 148 Å². The van der Waals surface area contributed by atoms with Gasteiger partial charge in [-0.05, 0) is 35.2 Å². The highest BCUT2D eigenvalue weighted by molar-refractivity contribution is 5.62.